The number of aliphatic hydroxyl groups excluding tert-OH is 2. The third kappa shape index (κ3) is 5.82. The lowest BCUT2D eigenvalue weighted by Crippen LogP contribution is -2.34. The normalized spacial score (nSPS) is 12.2. The van der Waals surface area contributed by atoms with Crippen molar-refractivity contribution in [1.29, 1.82) is 0 Å². The van der Waals surface area contributed by atoms with E-state index in [0.717, 1.165) is 0 Å². The molecule has 5 heteroatoms. The summed E-state index contributed by atoms with van der Waals surface area (Å²) >= 11 is 0. The van der Waals surface area contributed by atoms with Crippen molar-refractivity contribution in [3.05, 3.63) is 0 Å². The highest BCUT2D eigenvalue weighted by atomic mass is 16.3. The van der Waals surface area contributed by atoms with E-state index in [1.54, 1.807) is 0 Å². The lowest BCUT2D eigenvalue weighted by atomic mass is 10.3. The van der Waals surface area contributed by atoms with E-state index in [1.807, 2.05) is 0 Å². The Kier molecular flexibility index (Phi) is 5.23. The van der Waals surface area contributed by atoms with Crippen LogP contribution in [0, 0.1) is 0 Å². The standard InChI is InChI=1S/C7H13NO4/c1-5(10)2-7(12)8-3-6(11)4-9/h6,9,11H,2-4H2,1H3,(H,8,12)/t6-/m0/s1. The molecule has 0 radical (unpaired) electrons. The number of Topliss-reactive ketones (excluding diaryl/α,β-unsaturated/α-hetero) is 1. The second-order valence-electron chi connectivity index (χ2n) is 2.52. The minimum absolute atomic E-state index is 0.0252. The van der Waals surface area contributed by atoms with E-state index in [2.05, 4.69) is 5.32 Å². The molecule has 12 heavy (non-hydrogen) atoms. The number of hydrogen-bond acceptors (Lipinski definition) is 4. The van der Waals surface area contributed by atoms with Gasteiger partial charge in [0.05, 0.1) is 19.1 Å². The molecule has 0 fully saturated rings. The molecule has 0 aliphatic rings. The van der Waals surface area contributed by atoms with Gasteiger partial charge in [-0.25, -0.2) is 0 Å². The summed E-state index contributed by atoms with van der Waals surface area (Å²) in [4.78, 5) is 21.1. The molecule has 1 amide bonds. The number of ketones is 1. The van der Waals surface area contributed by atoms with Gasteiger partial charge < -0.3 is 15.5 Å². The fourth-order valence-corrected chi connectivity index (χ4v) is 0.585. The lowest BCUT2D eigenvalue weighted by Gasteiger charge is -2.07. The quantitative estimate of drug-likeness (QED) is 0.441. The predicted octanol–water partition coefficient (Wildman–Crippen LogP) is -1.57. The van der Waals surface area contributed by atoms with E-state index >= 15 is 0 Å². The zero-order chi connectivity index (χ0) is 9.56. The molecule has 0 heterocycles. The van der Waals surface area contributed by atoms with Gasteiger partial charge in [-0.05, 0) is 6.92 Å². The van der Waals surface area contributed by atoms with Gasteiger partial charge in [-0.15, -0.1) is 0 Å². The zero-order valence-electron chi connectivity index (χ0n) is 6.91. The highest BCUT2D eigenvalue weighted by molar-refractivity contribution is 5.96. The molecule has 1 atom stereocenters. The van der Waals surface area contributed by atoms with Crippen molar-refractivity contribution in [2.45, 2.75) is 19.4 Å². The number of carbonyl (C=O) groups excluding carboxylic acids is 2. The summed E-state index contributed by atoms with van der Waals surface area (Å²) < 4.78 is 0. The van der Waals surface area contributed by atoms with E-state index in [-0.39, 0.29) is 18.7 Å². The van der Waals surface area contributed by atoms with Crippen LogP contribution >= 0.6 is 0 Å². The van der Waals surface area contributed by atoms with Crippen LogP contribution in [-0.2, 0) is 9.59 Å². The SMILES string of the molecule is CC(=O)CC(=O)NC[C@H](O)CO. The van der Waals surface area contributed by atoms with Gasteiger partial charge in [0.15, 0.2) is 0 Å². The van der Waals surface area contributed by atoms with Crippen LogP contribution in [0.4, 0.5) is 0 Å². The lowest BCUT2D eigenvalue weighted by molar-refractivity contribution is -0.127. The molecule has 70 valence electrons. The second kappa shape index (κ2) is 5.68. The summed E-state index contributed by atoms with van der Waals surface area (Å²) in [6.45, 7) is 0.880. The summed E-state index contributed by atoms with van der Waals surface area (Å²) in [5.41, 5.74) is 0. The fourth-order valence-electron chi connectivity index (χ4n) is 0.585. The Morgan fingerprint density at radius 1 is 1.50 bits per heavy atom. The molecule has 0 aromatic heterocycles. The van der Waals surface area contributed by atoms with Gasteiger partial charge in [-0.3, -0.25) is 9.59 Å². The van der Waals surface area contributed by atoms with Gasteiger partial charge in [-0.2, -0.15) is 0 Å². The molecule has 3 N–H and O–H groups in total. The highest BCUT2D eigenvalue weighted by Gasteiger charge is 2.06. The van der Waals surface area contributed by atoms with Gasteiger partial charge in [-0.1, -0.05) is 0 Å². The maximum absolute atomic E-state index is 10.7. The minimum atomic E-state index is -0.957. The molecule has 0 spiro atoms. The minimum Gasteiger partial charge on any atom is -0.394 e. The molecular formula is C7H13NO4. The van der Waals surface area contributed by atoms with E-state index in [1.165, 1.54) is 6.92 Å². The van der Waals surface area contributed by atoms with Gasteiger partial charge in [0.2, 0.25) is 5.91 Å². The molecule has 0 unspecified atom stereocenters. The third-order valence-electron chi connectivity index (χ3n) is 1.16. The Labute approximate surface area is 70.4 Å². The molecule has 0 aliphatic carbocycles. The highest BCUT2D eigenvalue weighted by Crippen LogP contribution is 1.83. The number of hydrogen-bond donors (Lipinski definition) is 3. The average Bonchev–Trinajstić information content (AvgIpc) is 1.99. The molecule has 0 aromatic rings. The van der Waals surface area contributed by atoms with Crippen LogP contribution < -0.4 is 5.32 Å². The number of aliphatic hydroxyl groups is 2. The first-order valence-electron chi connectivity index (χ1n) is 3.61. The van der Waals surface area contributed by atoms with Crippen molar-refractivity contribution in [1.82, 2.24) is 5.32 Å². The zero-order valence-corrected chi connectivity index (χ0v) is 6.91. The van der Waals surface area contributed by atoms with Gasteiger partial charge in [0.25, 0.3) is 0 Å². The van der Waals surface area contributed by atoms with Crippen LogP contribution in [0.3, 0.4) is 0 Å². The van der Waals surface area contributed by atoms with E-state index in [9.17, 15) is 9.59 Å². The van der Waals surface area contributed by atoms with Gasteiger partial charge >= 0.3 is 0 Å². The monoisotopic (exact) mass is 175 g/mol. The maximum atomic E-state index is 10.7. The Balaban J connectivity index is 3.50. The molecule has 0 bridgehead atoms. The van der Waals surface area contributed by atoms with E-state index in [4.69, 9.17) is 10.2 Å². The van der Waals surface area contributed by atoms with Gasteiger partial charge in [0.1, 0.15) is 5.78 Å². The largest absolute Gasteiger partial charge is 0.394 e. The molecule has 0 aliphatic heterocycles. The molecule has 0 aromatic carbocycles. The molecule has 0 saturated heterocycles. The van der Waals surface area contributed by atoms with Crippen LogP contribution in [0.1, 0.15) is 13.3 Å². The van der Waals surface area contributed by atoms with Crippen molar-refractivity contribution in [3.8, 4) is 0 Å². The first-order valence-corrected chi connectivity index (χ1v) is 3.61. The van der Waals surface area contributed by atoms with E-state index < -0.39 is 18.6 Å². The Hall–Kier alpha value is -0.940. The Morgan fingerprint density at radius 3 is 2.50 bits per heavy atom. The summed E-state index contributed by atoms with van der Waals surface area (Å²) in [5, 5.41) is 19.4. The maximum Gasteiger partial charge on any atom is 0.227 e. The van der Waals surface area contributed by atoms with Crippen LogP contribution in [0.5, 0.6) is 0 Å². The molecular weight excluding hydrogens is 162 g/mol. The average molecular weight is 175 g/mol. The van der Waals surface area contributed by atoms with Crippen molar-refractivity contribution in [2.24, 2.45) is 0 Å². The van der Waals surface area contributed by atoms with Crippen molar-refractivity contribution in [2.75, 3.05) is 13.2 Å². The van der Waals surface area contributed by atoms with Crippen LogP contribution in [-0.4, -0.2) is 41.2 Å². The van der Waals surface area contributed by atoms with Crippen molar-refractivity contribution in [3.63, 3.8) is 0 Å². The van der Waals surface area contributed by atoms with Crippen molar-refractivity contribution >= 4 is 11.7 Å². The van der Waals surface area contributed by atoms with Crippen LogP contribution in [0.2, 0.25) is 0 Å². The summed E-state index contributed by atoms with van der Waals surface area (Å²) in [7, 11) is 0. The molecule has 0 rings (SSSR count). The van der Waals surface area contributed by atoms with Crippen LogP contribution in [0.25, 0.3) is 0 Å². The summed E-state index contributed by atoms with van der Waals surface area (Å²) in [5.74, 6) is -0.666. The molecule has 5 nitrogen and oxygen atoms in total. The second-order valence-corrected chi connectivity index (χ2v) is 2.52. The predicted molar refractivity (Wildman–Crippen MR) is 41.4 cm³/mol. The fraction of sp³-hybridized carbons (Fsp3) is 0.714. The van der Waals surface area contributed by atoms with E-state index in [0.29, 0.717) is 0 Å². The third-order valence-corrected chi connectivity index (χ3v) is 1.16. The summed E-state index contributed by atoms with van der Waals surface area (Å²) in [6.07, 6.45) is -1.14. The number of nitrogens with one attached hydrogen (secondary N) is 1. The van der Waals surface area contributed by atoms with Crippen LogP contribution in [0.15, 0.2) is 0 Å². The first kappa shape index (κ1) is 11.1. The first-order chi connectivity index (χ1) is 5.56. The van der Waals surface area contributed by atoms with Gasteiger partial charge in [0, 0.05) is 6.54 Å². The number of amides is 1. The topological polar surface area (TPSA) is 86.6 Å². The smallest absolute Gasteiger partial charge is 0.227 e. The Morgan fingerprint density at radius 2 is 2.08 bits per heavy atom. The molecule has 0 saturated carbocycles. The van der Waals surface area contributed by atoms with Crippen molar-refractivity contribution < 1.29 is 19.8 Å². The number of rotatable bonds is 5. The summed E-state index contributed by atoms with van der Waals surface area (Å²) in [6, 6.07) is 0. The number of carbonyl (C=O) groups is 2. The Bertz CT molecular complexity index is 169.